The van der Waals surface area contributed by atoms with Crippen LogP contribution in [-0.2, 0) is 6.42 Å². The molecule has 5 nitrogen and oxygen atoms in total. The van der Waals surface area contributed by atoms with Crippen LogP contribution < -0.4 is 14.9 Å². The highest BCUT2D eigenvalue weighted by molar-refractivity contribution is 6.58. The minimum absolute atomic E-state index is 0.0323. The zero-order chi connectivity index (χ0) is 13.9. The number of fused-ring (bicyclic) bond motifs is 1. The van der Waals surface area contributed by atoms with Crippen LogP contribution in [0.3, 0.4) is 0 Å². The number of rotatable bonds is 4. The molecule has 0 spiro atoms. The molecule has 1 aromatic heterocycles. The van der Waals surface area contributed by atoms with Crippen molar-refractivity contribution < 1.29 is 19.5 Å². The van der Waals surface area contributed by atoms with Gasteiger partial charge >= 0.3 is 7.12 Å². The van der Waals surface area contributed by atoms with Crippen LogP contribution in [0.2, 0.25) is 0 Å². The number of hydrogen-bond acceptors (Lipinski definition) is 5. The van der Waals surface area contributed by atoms with Crippen molar-refractivity contribution >= 4 is 12.6 Å². The summed E-state index contributed by atoms with van der Waals surface area (Å²) >= 11 is 0. The average molecular weight is 271 g/mol. The number of benzene rings is 1. The summed E-state index contributed by atoms with van der Waals surface area (Å²) < 4.78 is 11.4. The normalized spacial score (nSPS) is 16.4. The lowest BCUT2D eigenvalue weighted by Crippen LogP contribution is -2.30. The maximum absolute atomic E-state index is 9.08. The highest BCUT2D eigenvalue weighted by Gasteiger charge is 2.23. The summed E-state index contributed by atoms with van der Waals surface area (Å²) in [6.45, 7) is 0.390. The quantitative estimate of drug-likeness (QED) is 0.774. The number of para-hydroxylation sites is 1. The maximum atomic E-state index is 9.08. The molecule has 20 heavy (non-hydrogen) atoms. The van der Waals surface area contributed by atoms with E-state index in [2.05, 4.69) is 4.98 Å². The molecule has 6 heteroatoms. The van der Waals surface area contributed by atoms with Crippen LogP contribution in [0, 0.1) is 0 Å². The molecule has 2 N–H and O–H groups in total. The van der Waals surface area contributed by atoms with Crippen LogP contribution in [0.4, 0.5) is 0 Å². The topological polar surface area (TPSA) is 71.8 Å². The van der Waals surface area contributed by atoms with Gasteiger partial charge in [-0.1, -0.05) is 18.2 Å². The highest BCUT2D eigenvalue weighted by atomic mass is 16.5. The molecule has 0 bridgehead atoms. The second-order valence-corrected chi connectivity index (χ2v) is 4.69. The molecule has 0 radical (unpaired) electrons. The number of nitrogens with zero attached hydrogens (tertiary/aromatic N) is 1. The molecular weight excluding hydrogens is 257 g/mol. The summed E-state index contributed by atoms with van der Waals surface area (Å²) in [6.07, 6.45) is 3.70. The van der Waals surface area contributed by atoms with E-state index >= 15 is 0 Å². The summed E-state index contributed by atoms with van der Waals surface area (Å²) in [6, 6.07) is 9.47. The zero-order valence-corrected chi connectivity index (χ0v) is 10.8. The van der Waals surface area contributed by atoms with Gasteiger partial charge in [0.15, 0.2) is 0 Å². The van der Waals surface area contributed by atoms with Gasteiger partial charge in [0.25, 0.3) is 0 Å². The Bertz CT molecular complexity index is 580. The Hall–Kier alpha value is -2.05. The van der Waals surface area contributed by atoms with Gasteiger partial charge in [0.2, 0.25) is 0 Å². The molecule has 1 unspecified atom stereocenters. The molecule has 1 atom stereocenters. The molecule has 1 aliphatic heterocycles. The summed E-state index contributed by atoms with van der Waals surface area (Å²) in [5.41, 5.74) is 1.48. The van der Waals surface area contributed by atoms with Crippen LogP contribution >= 0.6 is 0 Å². The lowest BCUT2D eigenvalue weighted by molar-refractivity contribution is 0.148. The Morgan fingerprint density at radius 1 is 1.30 bits per heavy atom. The van der Waals surface area contributed by atoms with Crippen LogP contribution in [0.1, 0.15) is 5.56 Å². The SMILES string of the molecule is OB(O)c1cncc(OCC2Cc3ccccc3O2)c1. The first-order chi connectivity index (χ1) is 9.72. The number of aromatic nitrogens is 1. The number of hydrogen-bond donors (Lipinski definition) is 2. The van der Waals surface area contributed by atoms with Crippen LogP contribution in [0.5, 0.6) is 11.5 Å². The van der Waals surface area contributed by atoms with Crippen molar-refractivity contribution in [2.24, 2.45) is 0 Å². The molecule has 0 saturated carbocycles. The lowest BCUT2D eigenvalue weighted by atomic mass is 9.82. The minimum Gasteiger partial charge on any atom is -0.488 e. The van der Waals surface area contributed by atoms with Crippen molar-refractivity contribution in [2.75, 3.05) is 6.61 Å². The molecule has 0 aliphatic carbocycles. The zero-order valence-electron chi connectivity index (χ0n) is 10.8. The van der Waals surface area contributed by atoms with E-state index in [1.54, 1.807) is 6.07 Å². The second-order valence-electron chi connectivity index (χ2n) is 4.69. The van der Waals surface area contributed by atoms with Gasteiger partial charge in [-0.25, -0.2) is 0 Å². The van der Waals surface area contributed by atoms with Crippen molar-refractivity contribution in [3.8, 4) is 11.5 Å². The Balaban J connectivity index is 1.60. The van der Waals surface area contributed by atoms with Gasteiger partial charge in [0.05, 0.1) is 6.20 Å². The molecule has 102 valence electrons. The van der Waals surface area contributed by atoms with E-state index in [4.69, 9.17) is 19.5 Å². The summed E-state index contributed by atoms with van der Waals surface area (Å²) in [4.78, 5) is 3.90. The van der Waals surface area contributed by atoms with Gasteiger partial charge in [-0.15, -0.1) is 0 Å². The van der Waals surface area contributed by atoms with Crippen molar-refractivity contribution in [2.45, 2.75) is 12.5 Å². The maximum Gasteiger partial charge on any atom is 0.490 e. The van der Waals surface area contributed by atoms with E-state index < -0.39 is 7.12 Å². The molecule has 0 amide bonds. The summed E-state index contributed by atoms with van der Waals surface area (Å²) in [7, 11) is -1.54. The van der Waals surface area contributed by atoms with E-state index in [-0.39, 0.29) is 6.10 Å². The van der Waals surface area contributed by atoms with Gasteiger partial charge in [0, 0.05) is 18.1 Å². The fourth-order valence-corrected chi connectivity index (χ4v) is 2.19. The van der Waals surface area contributed by atoms with Crippen LogP contribution in [0.25, 0.3) is 0 Å². The minimum atomic E-state index is -1.54. The number of ether oxygens (including phenoxy) is 2. The van der Waals surface area contributed by atoms with E-state index in [0.717, 1.165) is 12.2 Å². The van der Waals surface area contributed by atoms with Crippen molar-refractivity contribution in [3.05, 3.63) is 48.3 Å². The Kier molecular flexibility index (Phi) is 3.58. The highest BCUT2D eigenvalue weighted by Crippen LogP contribution is 2.28. The molecule has 1 aromatic carbocycles. The van der Waals surface area contributed by atoms with E-state index in [9.17, 15) is 0 Å². The number of pyridine rings is 1. The van der Waals surface area contributed by atoms with Crippen LogP contribution in [-0.4, -0.2) is 34.9 Å². The molecule has 0 saturated heterocycles. The fourth-order valence-electron chi connectivity index (χ4n) is 2.19. The Morgan fingerprint density at radius 2 is 2.15 bits per heavy atom. The van der Waals surface area contributed by atoms with Crippen molar-refractivity contribution in [1.29, 1.82) is 0 Å². The van der Waals surface area contributed by atoms with Crippen molar-refractivity contribution in [3.63, 3.8) is 0 Å². The largest absolute Gasteiger partial charge is 0.490 e. The summed E-state index contributed by atoms with van der Waals surface area (Å²) in [5, 5.41) is 18.2. The third-order valence-electron chi connectivity index (χ3n) is 3.18. The third kappa shape index (κ3) is 2.76. The van der Waals surface area contributed by atoms with Gasteiger partial charge in [-0.2, -0.15) is 0 Å². The molecule has 3 rings (SSSR count). The summed E-state index contributed by atoms with van der Waals surface area (Å²) in [5.74, 6) is 1.40. The van der Waals surface area contributed by atoms with Gasteiger partial charge in [-0.3, -0.25) is 4.98 Å². The van der Waals surface area contributed by atoms with Gasteiger partial charge in [0.1, 0.15) is 24.2 Å². The predicted octanol–water partition coefficient (Wildman–Crippen LogP) is 0.144. The standard InChI is InChI=1S/C14H14BNO4/c17-15(18)11-6-12(8-16-7-11)19-9-13-5-10-3-1-2-4-14(10)20-13/h1-4,6-8,13,17-18H,5,9H2. The molecule has 2 aromatic rings. The smallest absolute Gasteiger partial charge is 0.488 e. The van der Waals surface area contributed by atoms with Gasteiger partial charge < -0.3 is 19.5 Å². The average Bonchev–Trinajstić information content (AvgIpc) is 2.88. The van der Waals surface area contributed by atoms with E-state index in [1.165, 1.54) is 18.0 Å². The second kappa shape index (κ2) is 5.52. The van der Waals surface area contributed by atoms with Gasteiger partial charge in [-0.05, 0) is 17.7 Å². The van der Waals surface area contributed by atoms with Crippen LogP contribution in [0.15, 0.2) is 42.7 Å². The monoisotopic (exact) mass is 271 g/mol. The first kappa shape index (κ1) is 13.0. The molecule has 1 aliphatic rings. The Labute approximate surface area is 117 Å². The predicted molar refractivity (Wildman–Crippen MR) is 74.1 cm³/mol. The molecule has 0 fully saturated rings. The van der Waals surface area contributed by atoms with Crippen molar-refractivity contribution in [1.82, 2.24) is 4.98 Å². The Morgan fingerprint density at radius 3 is 2.95 bits per heavy atom. The third-order valence-corrected chi connectivity index (χ3v) is 3.18. The fraction of sp³-hybridized carbons (Fsp3) is 0.214. The molecule has 2 heterocycles. The first-order valence-corrected chi connectivity index (χ1v) is 6.41. The van der Waals surface area contributed by atoms with E-state index in [1.807, 2.05) is 24.3 Å². The first-order valence-electron chi connectivity index (χ1n) is 6.41. The lowest BCUT2D eigenvalue weighted by Gasteiger charge is -2.12. The molecular formula is C14H14BNO4. The van der Waals surface area contributed by atoms with E-state index in [0.29, 0.717) is 17.8 Å².